The average Bonchev–Trinajstić information content (AvgIpc) is 2.35. The predicted molar refractivity (Wildman–Crippen MR) is 89.5 cm³/mol. The van der Waals surface area contributed by atoms with Gasteiger partial charge in [-0.2, -0.15) is 8.42 Å². The van der Waals surface area contributed by atoms with E-state index in [1.54, 1.807) is 6.92 Å². The summed E-state index contributed by atoms with van der Waals surface area (Å²) in [6, 6.07) is 0. The van der Waals surface area contributed by atoms with Crippen molar-refractivity contribution in [2.24, 2.45) is 11.3 Å². The van der Waals surface area contributed by atoms with Crippen LogP contribution in [0.3, 0.4) is 0 Å². The van der Waals surface area contributed by atoms with Gasteiger partial charge in [0.1, 0.15) is 0 Å². The summed E-state index contributed by atoms with van der Waals surface area (Å²) in [5.74, 6) is 0.573. The normalized spacial score (nSPS) is 26.0. The molecule has 126 valence electrons. The molecule has 1 atom stereocenters. The second kappa shape index (κ2) is 7.57. The smallest absolute Gasteiger partial charge is 0.267 e. The molecule has 6 heteroatoms. The first-order chi connectivity index (χ1) is 9.55. The van der Waals surface area contributed by atoms with Gasteiger partial charge >= 0.3 is 0 Å². The van der Waals surface area contributed by atoms with Crippen LogP contribution in [0.2, 0.25) is 13.1 Å². The summed E-state index contributed by atoms with van der Waals surface area (Å²) < 4.78 is 34.6. The van der Waals surface area contributed by atoms with Gasteiger partial charge in [-0.3, -0.25) is 4.18 Å². The number of rotatable bonds is 6. The molecule has 1 rings (SSSR count). The van der Waals surface area contributed by atoms with Crippen molar-refractivity contribution >= 4 is 19.2 Å². The van der Waals surface area contributed by atoms with E-state index in [9.17, 15) is 8.42 Å². The van der Waals surface area contributed by atoms with E-state index >= 15 is 0 Å². The number of hydrogen-bond donors (Lipinski definition) is 0. The first-order valence-corrected chi connectivity index (χ1v) is 12.5. The van der Waals surface area contributed by atoms with Gasteiger partial charge in [-0.15, -0.1) is 0 Å². The lowest BCUT2D eigenvalue weighted by atomic mass is 9.74. The van der Waals surface area contributed by atoms with Crippen LogP contribution in [0.1, 0.15) is 53.4 Å². The molecule has 0 spiro atoms. The molecule has 0 bridgehead atoms. The van der Waals surface area contributed by atoms with Crippen LogP contribution >= 0.6 is 0 Å². The second-order valence-electron chi connectivity index (χ2n) is 7.45. The molecule has 0 aliphatic heterocycles. The molecule has 0 aromatic rings. The predicted octanol–water partition coefficient (Wildman–Crippen LogP) is 3.33. The van der Waals surface area contributed by atoms with Gasteiger partial charge in [0.15, 0.2) is 9.04 Å². The SMILES string of the molecule is CCS(=O)(=O)OC1CCC(C(O[SiH](C)C)C(C)(C)C)CC1. The zero-order chi connectivity index (χ0) is 16.3. The molecule has 0 aromatic carbocycles. The minimum atomic E-state index is -3.33. The molecule has 0 amide bonds. The third kappa shape index (κ3) is 6.38. The van der Waals surface area contributed by atoms with Gasteiger partial charge in [0, 0.05) is 0 Å². The van der Waals surface area contributed by atoms with Crippen molar-refractivity contribution in [1.29, 1.82) is 0 Å². The van der Waals surface area contributed by atoms with E-state index in [0.717, 1.165) is 25.7 Å². The molecular formula is C15H32O4SSi. The molecule has 0 N–H and O–H groups in total. The molecule has 1 fully saturated rings. The molecule has 4 nitrogen and oxygen atoms in total. The van der Waals surface area contributed by atoms with Crippen molar-refractivity contribution in [2.75, 3.05) is 5.75 Å². The van der Waals surface area contributed by atoms with Crippen molar-refractivity contribution in [1.82, 2.24) is 0 Å². The molecule has 1 saturated carbocycles. The fourth-order valence-electron chi connectivity index (χ4n) is 3.08. The van der Waals surface area contributed by atoms with E-state index < -0.39 is 19.2 Å². The van der Waals surface area contributed by atoms with E-state index in [-0.39, 0.29) is 23.4 Å². The van der Waals surface area contributed by atoms with Gasteiger partial charge < -0.3 is 4.43 Å². The Bertz CT molecular complexity index is 406. The minimum Gasteiger partial charge on any atom is -0.417 e. The zero-order valence-electron chi connectivity index (χ0n) is 14.4. The Labute approximate surface area is 132 Å². The van der Waals surface area contributed by atoms with Gasteiger partial charge in [0.05, 0.1) is 18.0 Å². The van der Waals surface area contributed by atoms with Crippen LogP contribution in [0.25, 0.3) is 0 Å². The van der Waals surface area contributed by atoms with Crippen LogP contribution in [-0.4, -0.2) is 35.4 Å². The lowest BCUT2D eigenvalue weighted by molar-refractivity contribution is 0.00201. The van der Waals surface area contributed by atoms with Crippen LogP contribution in [0.15, 0.2) is 0 Å². The fourth-order valence-corrected chi connectivity index (χ4v) is 5.04. The molecule has 21 heavy (non-hydrogen) atoms. The summed E-state index contributed by atoms with van der Waals surface area (Å²) in [4.78, 5) is 0. The third-order valence-corrected chi connectivity index (χ3v) is 6.17. The lowest BCUT2D eigenvalue weighted by Crippen LogP contribution is -2.41. The van der Waals surface area contributed by atoms with Crippen LogP contribution in [0.5, 0.6) is 0 Å². The highest BCUT2D eigenvalue weighted by Gasteiger charge is 2.36. The largest absolute Gasteiger partial charge is 0.417 e. The van der Waals surface area contributed by atoms with E-state index in [0.29, 0.717) is 5.92 Å². The maximum atomic E-state index is 11.5. The summed E-state index contributed by atoms with van der Waals surface area (Å²) in [5.41, 5.74) is 0.130. The summed E-state index contributed by atoms with van der Waals surface area (Å²) in [5, 5.41) is 0. The molecule has 0 heterocycles. The van der Waals surface area contributed by atoms with Crippen LogP contribution in [0, 0.1) is 11.3 Å². The van der Waals surface area contributed by atoms with Crippen LogP contribution in [0.4, 0.5) is 0 Å². The van der Waals surface area contributed by atoms with E-state index in [1.165, 1.54) is 0 Å². The van der Waals surface area contributed by atoms with E-state index in [2.05, 4.69) is 33.9 Å². The average molecular weight is 337 g/mol. The van der Waals surface area contributed by atoms with Crippen molar-refractivity contribution < 1.29 is 17.0 Å². The Morgan fingerprint density at radius 3 is 2.05 bits per heavy atom. The van der Waals surface area contributed by atoms with Gasteiger partial charge in [0.25, 0.3) is 10.1 Å². The molecule has 0 radical (unpaired) electrons. The van der Waals surface area contributed by atoms with Crippen molar-refractivity contribution in [2.45, 2.75) is 78.7 Å². The third-order valence-electron chi connectivity index (χ3n) is 4.06. The van der Waals surface area contributed by atoms with E-state index in [4.69, 9.17) is 8.61 Å². The molecule has 1 aliphatic rings. The van der Waals surface area contributed by atoms with Crippen LogP contribution < -0.4 is 0 Å². The minimum absolute atomic E-state index is 0.0552. The second-order valence-corrected chi connectivity index (χ2v) is 11.7. The molecular weight excluding hydrogens is 304 g/mol. The highest BCUT2D eigenvalue weighted by atomic mass is 32.2. The lowest BCUT2D eigenvalue weighted by Gasteiger charge is -2.41. The Morgan fingerprint density at radius 2 is 1.67 bits per heavy atom. The highest BCUT2D eigenvalue weighted by molar-refractivity contribution is 7.86. The summed E-state index contributed by atoms with van der Waals surface area (Å²) >= 11 is 0. The summed E-state index contributed by atoms with van der Waals surface area (Å²) in [6.07, 6.45) is 3.76. The summed E-state index contributed by atoms with van der Waals surface area (Å²) in [7, 11) is -4.41. The van der Waals surface area contributed by atoms with Crippen molar-refractivity contribution in [3.63, 3.8) is 0 Å². The standard InChI is InChI=1S/C15H32O4SSi/c1-7-20(16,17)18-13-10-8-12(9-11-13)14(15(2,3)4)19-21(5)6/h12-14,21H,7-11H2,1-6H3. The molecule has 0 aromatic heterocycles. The maximum Gasteiger partial charge on any atom is 0.267 e. The monoisotopic (exact) mass is 336 g/mol. The van der Waals surface area contributed by atoms with Gasteiger partial charge in [-0.05, 0) is 57.0 Å². The molecule has 1 aliphatic carbocycles. The van der Waals surface area contributed by atoms with Crippen molar-refractivity contribution in [3.05, 3.63) is 0 Å². The highest BCUT2D eigenvalue weighted by Crippen LogP contribution is 2.38. The van der Waals surface area contributed by atoms with E-state index in [1.807, 2.05) is 0 Å². The Morgan fingerprint density at radius 1 is 1.14 bits per heavy atom. The van der Waals surface area contributed by atoms with Gasteiger partial charge in [-0.1, -0.05) is 20.8 Å². The number of hydrogen-bond acceptors (Lipinski definition) is 4. The van der Waals surface area contributed by atoms with Crippen LogP contribution in [-0.2, 0) is 18.7 Å². The Balaban J connectivity index is 2.61. The summed E-state index contributed by atoms with van der Waals surface area (Å²) in [6.45, 7) is 12.7. The Kier molecular flexibility index (Phi) is 6.90. The Hall–Kier alpha value is 0.0869. The topological polar surface area (TPSA) is 52.6 Å². The fraction of sp³-hybridized carbons (Fsp3) is 1.00. The maximum absolute atomic E-state index is 11.5. The molecule has 0 saturated heterocycles. The van der Waals surface area contributed by atoms with Gasteiger partial charge in [0.2, 0.25) is 0 Å². The van der Waals surface area contributed by atoms with Crippen molar-refractivity contribution in [3.8, 4) is 0 Å². The quantitative estimate of drug-likeness (QED) is 0.551. The first-order valence-electron chi connectivity index (χ1n) is 8.11. The molecule has 1 unspecified atom stereocenters. The van der Waals surface area contributed by atoms with Gasteiger partial charge in [-0.25, -0.2) is 0 Å². The first kappa shape index (κ1) is 19.1. The zero-order valence-corrected chi connectivity index (χ0v) is 16.4.